The van der Waals surface area contributed by atoms with Gasteiger partial charge < -0.3 is 9.47 Å². The van der Waals surface area contributed by atoms with Crippen LogP contribution in [0, 0.1) is 6.92 Å². The van der Waals surface area contributed by atoms with Crippen LogP contribution in [-0.2, 0) is 14.3 Å². The molecule has 0 atom stereocenters. The number of ether oxygens (including phenoxy) is 2. The van der Waals surface area contributed by atoms with Crippen LogP contribution in [0.4, 0.5) is 0 Å². The summed E-state index contributed by atoms with van der Waals surface area (Å²) in [5.41, 5.74) is 1.78. The van der Waals surface area contributed by atoms with Crippen LogP contribution in [-0.4, -0.2) is 18.5 Å². The first-order valence-electron chi connectivity index (χ1n) is 6.34. The molecular weight excluding hydrogens is 292 g/mol. The van der Waals surface area contributed by atoms with Crippen molar-refractivity contribution in [2.45, 2.75) is 20.8 Å². The van der Waals surface area contributed by atoms with E-state index in [2.05, 4.69) is 0 Å². The van der Waals surface area contributed by atoms with Gasteiger partial charge in [0, 0.05) is 17.2 Å². The molecule has 0 aliphatic rings. The van der Waals surface area contributed by atoms with Crippen molar-refractivity contribution in [3.05, 3.63) is 52.6 Å². The fourth-order valence-electron chi connectivity index (χ4n) is 1.34. The summed E-state index contributed by atoms with van der Waals surface area (Å²) in [5, 5.41) is 0.561. The lowest BCUT2D eigenvalue weighted by molar-refractivity contribution is -0.137. The SMILES string of the molecule is CC(C)=CCOC(=O)/C=C/C(=O)Oc1ccc(Cl)cc1C. The van der Waals surface area contributed by atoms with Crippen molar-refractivity contribution in [3.8, 4) is 5.75 Å². The van der Waals surface area contributed by atoms with Gasteiger partial charge in [-0.2, -0.15) is 0 Å². The maximum atomic E-state index is 11.6. The monoisotopic (exact) mass is 308 g/mol. The molecule has 0 saturated carbocycles. The molecule has 1 rings (SSSR count). The Morgan fingerprint density at radius 2 is 1.86 bits per heavy atom. The maximum Gasteiger partial charge on any atom is 0.336 e. The van der Waals surface area contributed by atoms with E-state index in [-0.39, 0.29) is 6.61 Å². The first-order valence-corrected chi connectivity index (χ1v) is 6.72. The predicted molar refractivity (Wildman–Crippen MR) is 81.4 cm³/mol. The summed E-state index contributed by atoms with van der Waals surface area (Å²) < 4.78 is 9.95. The lowest BCUT2D eigenvalue weighted by atomic mass is 10.2. The second-order valence-electron chi connectivity index (χ2n) is 4.58. The molecule has 112 valence electrons. The van der Waals surface area contributed by atoms with E-state index >= 15 is 0 Å². The van der Waals surface area contributed by atoms with Crippen molar-refractivity contribution in [3.63, 3.8) is 0 Å². The Bertz CT molecular complexity index is 584. The van der Waals surface area contributed by atoms with Gasteiger partial charge in [-0.15, -0.1) is 0 Å². The third kappa shape index (κ3) is 6.77. The van der Waals surface area contributed by atoms with Gasteiger partial charge in [-0.1, -0.05) is 17.2 Å². The Kier molecular flexibility index (Phi) is 6.69. The van der Waals surface area contributed by atoms with E-state index < -0.39 is 11.9 Å². The highest BCUT2D eigenvalue weighted by atomic mass is 35.5. The standard InChI is InChI=1S/C16H17ClO4/c1-11(2)8-9-20-15(18)6-7-16(19)21-14-5-4-13(17)10-12(14)3/h4-8,10H,9H2,1-3H3/b7-6+. The molecule has 5 heteroatoms. The minimum Gasteiger partial charge on any atom is -0.458 e. The van der Waals surface area contributed by atoms with Crippen molar-refractivity contribution >= 4 is 23.5 Å². The number of rotatable bonds is 5. The van der Waals surface area contributed by atoms with E-state index in [0.717, 1.165) is 23.3 Å². The molecule has 0 spiro atoms. The van der Waals surface area contributed by atoms with Gasteiger partial charge in [0.25, 0.3) is 0 Å². The number of halogens is 1. The highest BCUT2D eigenvalue weighted by Gasteiger charge is 2.05. The van der Waals surface area contributed by atoms with Crippen LogP contribution in [0.25, 0.3) is 0 Å². The second-order valence-corrected chi connectivity index (χ2v) is 5.01. The molecule has 0 radical (unpaired) electrons. The summed E-state index contributed by atoms with van der Waals surface area (Å²) in [6.07, 6.45) is 3.83. The van der Waals surface area contributed by atoms with Crippen LogP contribution < -0.4 is 4.74 Å². The summed E-state index contributed by atoms with van der Waals surface area (Å²) in [6.45, 7) is 5.74. The molecule has 0 bridgehead atoms. The van der Waals surface area contributed by atoms with Gasteiger partial charge in [-0.25, -0.2) is 9.59 Å². The van der Waals surface area contributed by atoms with Crippen molar-refractivity contribution in [2.75, 3.05) is 6.61 Å². The molecule has 0 aliphatic carbocycles. The van der Waals surface area contributed by atoms with E-state index in [1.54, 1.807) is 31.2 Å². The molecule has 0 N–H and O–H groups in total. The molecule has 0 heterocycles. The highest BCUT2D eigenvalue weighted by molar-refractivity contribution is 6.30. The third-order valence-corrected chi connectivity index (χ3v) is 2.66. The van der Waals surface area contributed by atoms with E-state index in [4.69, 9.17) is 21.1 Å². The summed E-state index contributed by atoms with van der Waals surface area (Å²) in [4.78, 5) is 22.9. The number of carbonyl (C=O) groups excluding carboxylic acids is 2. The molecule has 0 fully saturated rings. The van der Waals surface area contributed by atoms with E-state index in [0.29, 0.717) is 10.8 Å². The summed E-state index contributed by atoms with van der Waals surface area (Å²) in [7, 11) is 0. The van der Waals surface area contributed by atoms with Gasteiger partial charge in [-0.05, 0) is 50.6 Å². The van der Waals surface area contributed by atoms with Crippen molar-refractivity contribution in [2.24, 2.45) is 0 Å². The van der Waals surface area contributed by atoms with Crippen molar-refractivity contribution in [1.29, 1.82) is 0 Å². The summed E-state index contributed by atoms with van der Waals surface area (Å²) in [6, 6.07) is 4.90. The number of hydrogen-bond acceptors (Lipinski definition) is 4. The highest BCUT2D eigenvalue weighted by Crippen LogP contribution is 2.21. The van der Waals surface area contributed by atoms with Crippen LogP contribution in [0.3, 0.4) is 0 Å². The van der Waals surface area contributed by atoms with Crippen LogP contribution in [0.1, 0.15) is 19.4 Å². The lowest BCUT2D eigenvalue weighted by Gasteiger charge is -2.05. The van der Waals surface area contributed by atoms with Gasteiger partial charge >= 0.3 is 11.9 Å². The van der Waals surface area contributed by atoms with E-state index in [1.807, 2.05) is 13.8 Å². The van der Waals surface area contributed by atoms with Crippen molar-refractivity contribution in [1.82, 2.24) is 0 Å². The minimum atomic E-state index is -0.653. The van der Waals surface area contributed by atoms with E-state index in [9.17, 15) is 9.59 Å². The third-order valence-electron chi connectivity index (χ3n) is 2.42. The molecule has 0 aliphatic heterocycles. The smallest absolute Gasteiger partial charge is 0.336 e. The molecular formula is C16H17ClO4. The molecule has 0 saturated heterocycles. The zero-order valence-corrected chi connectivity index (χ0v) is 12.9. The lowest BCUT2D eigenvalue weighted by Crippen LogP contribution is -2.07. The topological polar surface area (TPSA) is 52.6 Å². The molecule has 1 aromatic rings. The summed E-state index contributed by atoms with van der Waals surface area (Å²) in [5.74, 6) is -0.858. The Balaban J connectivity index is 2.51. The zero-order valence-electron chi connectivity index (χ0n) is 12.2. The first-order chi connectivity index (χ1) is 9.88. The fourth-order valence-corrected chi connectivity index (χ4v) is 1.57. The number of benzene rings is 1. The zero-order chi connectivity index (χ0) is 15.8. The predicted octanol–water partition coefficient (Wildman–Crippen LogP) is 3.62. The average molecular weight is 309 g/mol. The van der Waals surface area contributed by atoms with Crippen LogP contribution in [0.15, 0.2) is 42.0 Å². The molecule has 0 unspecified atom stereocenters. The minimum absolute atomic E-state index is 0.177. The Morgan fingerprint density at radius 3 is 2.48 bits per heavy atom. The van der Waals surface area contributed by atoms with Crippen LogP contribution >= 0.6 is 11.6 Å². The normalized spacial score (nSPS) is 10.3. The van der Waals surface area contributed by atoms with Gasteiger partial charge in [-0.3, -0.25) is 0 Å². The fraction of sp³-hybridized carbons (Fsp3) is 0.250. The van der Waals surface area contributed by atoms with Crippen LogP contribution in [0.5, 0.6) is 5.75 Å². The van der Waals surface area contributed by atoms with E-state index in [1.165, 1.54) is 0 Å². The van der Waals surface area contributed by atoms with Gasteiger partial charge in [0.1, 0.15) is 12.4 Å². The van der Waals surface area contributed by atoms with Crippen molar-refractivity contribution < 1.29 is 19.1 Å². The largest absolute Gasteiger partial charge is 0.458 e. The maximum absolute atomic E-state index is 11.6. The van der Waals surface area contributed by atoms with Gasteiger partial charge in [0.05, 0.1) is 0 Å². The number of allylic oxidation sites excluding steroid dienone is 1. The Hall–Kier alpha value is -2.07. The van der Waals surface area contributed by atoms with Crippen LogP contribution in [0.2, 0.25) is 5.02 Å². The Labute approximate surface area is 129 Å². The molecule has 0 amide bonds. The first kappa shape index (κ1) is 17.0. The molecule has 4 nitrogen and oxygen atoms in total. The molecule has 21 heavy (non-hydrogen) atoms. The number of carbonyl (C=O) groups is 2. The van der Waals surface area contributed by atoms with Gasteiger partial charge in [0.2, 0.25) is 0 Å². The quantitative estimate of drug-likeness (QED) is 0.361. The number of aryl methyl sites for hydroxylation is 1. The molecule has 0 aromatic heterocycles. The number of esters is 2. The number of hydrogen-bond donors (Lipinski definition) is 0. The Morgan fingerprint density at radius 1 is 1.19 bits per heavy atom. The molecule has 1 aromatic carbocycles. The average Bonchev–Trinajstić information content (AvgIpc) is 2.39. The second kappa shape index (κ2) is 8.27. The summed E-state index contributed by atoms with van der Waals surface area (Å²) >= 11 is 5.81. The van der Waals surface area contributed by atoms with Gasteiger partial charge in [0.15, 0.2) is 0 Å².